The maximum absolute atomic E-state index is 6.38. The quantitative estimate of drug-likeness (QED) is 0.243. The first-order valence-corrected chi connectivity index (χ1v) is 10.4. The average Bonchev–Trinajstić information content (AvgIpc) is 3.32. The van der Waals surface area contributed by atoms with Crippen LogP contribution in [0.1, 0.15) is 11.1 Å². The lowest BCUT2D eigenvalue weighted by Gasteiger charge is -2.10. The number of benzene rings is 2. The fourth-order valence-electron chi connectivity index (χ4n) is 2.81. The summed E-state index contributed by atoms with van der Waals surface area (Å²) < 4.78 is 2.94. The summed E-state index contributed by atoms with van der Waals surface area (Å²) in [4.78, 5) is 9.77. The molecule has 2 aromatic heterocycles. The highest BCUT2D eigenvalue weighted by molar-refractivity contribution is 7.18. The van der Waals surface area contributed by atoms with Crippen LogP contribution < -0.4 is 0 Å². The molecule has 2 aromatic carbocycles. The summed E-state index contributed by atoms with van der Waals surface area (Å²) in [6.45, 7) is 0.802. The van der Waals surface area contributed by atoms with Gasteiger partial charge < -0.3 is 9.40 Å². The van der Waals surface area contributed by atoms with Crippen LogP contribution in [-0.4, -0.2) is 15.3 Å². The highest BCUT2D eigenvalue weighted by Gasteiger charge is 2.12. The molecular formula is C20H14Cl3N3OS. The van der Waals surface area contributed by atoms with Gasteiger partial charge in [0, 0.05) is 33.9 Å². The Kier molecular flexibility index (Phi) is 5.87. The first-order chi connectivity index (χ1) is 13.6. The van der Waals surface area contributed by atoms with Crippen molar-refractivity contribution in [3.8, 4) is 0 Å². The largest absolute Gasteiger partial charge is 0.391 e. The zero-order chi connectivity index (χ0) is 19.5. The molecule has 0 fully saturated rings. The molecule has 2 heterocycles. The van der Waals surface area contributed by atoms with Crippen LogP contribution in [0, 0.1) is 0 Å². The smallest absolute Gasteiger partial charge is 0.143 e. The number of imidazole rings is 1. The van der Waals surface area contributed by atoms with Crippen LogP contribution in [0.15, 0.2) is 65.7 Å². The Morgan fingerprint density at radius 2 is 2.04 bits per heavy atom. The van der Waals surface area contributed by atoms with E-state index in [1.165, 1.54) is 0 Å². The third-order valence-corrected chi connectivity index (χ3v) is 6.21. The van der Waals surface area contributed by atoms with Gasteiger partial charge in [-0.3, -0.25) is 0 Å². The molecule has 4 rings (SSSR count). The molecule has 142 valence electrons. The lowest BCUT2D eigenvalue weighted by atomic mass is 10.1. The standard InChI is InChI=1S/C20H14Cl3N3OS/c21-14-4-5-16(18(23)8-14)19(9-26-7-6-24-12-26)25-27-10-13-11-28-20-15(13)2-1-3-17(20)22/h1-8,11-12H,9-10H2/b25-19+. The summed E-state index contributed by atoms with van der Waals surface area (Å²) >= 11 is 20.3. The van der Waals surface area contributed by atoms with Gasteiger partial charge in [-0.2, -0.15) is 0 Å². The van der Waals surface area contributed by atoms with E-state index in [-0.39, 0.29) is 0 Å². The van der Waals surface area contributed by atoms with E-state index < -0.39 is 0 Å². The molecule has 0 N–H and O–H groups in total. The van der Waals surface area contributed by atoms with Gasteiger partial charge in [0.15, 0.2) is 0 Å². The minimum absolute atomic E-state index is 0.332. The molecular weight excluding hydrogens is 437 g/mol. The average molecular weight is 451 g/mol. The Hall–Kier alpha value is -2.05. The summed E-state index contributed by atoms with van der Waals surface area (Å²) in [5.74, 6) is 0. The second kappa shape index (κ2) is 8.53. The Morgan fingerprint density at radius 3 is 2.82 bits per heavy atom. The van der Waals surface area contributed by atoms with E-state index in [1.807, 2.05) is 40.4 Å². The normalized spacial score (nSPS) is 11.9. The summed E-state index contributed by atoms with van der Waals surface area (Å²) in [6, 6.07) is 11.2. The number of nitrogens with zero attached hydrogens (tertiary/aromatic N) is 3. The Labute approximate surface area is 180 Å². The minimum atomic E-state index is 0.332. The molecule has 0 unspecified atom stereocenters. The van der Waals surface area contributed by atoms with E-state index in [0.29, 0.717) is 28.9 Å². The number of hydrogen-bond donors (Lipinski definition) is 0. The molecule has 0 aliphatic rings. The predicted octanol–water partition coefficient (Wildman–Crippen LogP) is 6.68. The Bertz CT molecular complexity index is 1140. The van der Waals surface area contributed by atoms with E-state index in [2.05, 4.69) is 10.1 Å². The van der Waals surface area contributed by atoms with Crippen LogP contribution in [0.25, 0.3) is 10.1 Å². The molecule has 0 amide bonds. The molecule has 0 aliphatic carbocycles. The van der Waals surface area contributed by atoms with Crippen molar-refractivity contribution in [2.75, 3.05) is 0 Å². The fourth-order valence-corrected chi connectivity index (χ4v) is 4.59. The second-order valence-electron chi connectivity index (χ2n) is 6.05. The van der Waals surface area contributed by atoms with Crippen molar-refractivity contribution in [3.05, 3.63) is 86.7 Å². The molecule has 28 heavy (non-hydrogen) atoms. The summed E-state index contributed by atoms with van der Waals surface area (Å²) in [5, 5.41) is 9.32. The summed E-state index contributed by atoms with van der Waals surface area (Å²) in [7, 11) is 0. The van der Waals surface area contributed by atoms with Crippen LogP contribution in [-0.2, 0) is 18.0 Å². The van der Waals surface area contributed by atoms with E-state index in [4.69, 9.17) is 39.6 Å². The monoisotopic (exact) mass is 449 g/mol. The number of aromatic nitrogens is 2. The molecule has 0 bridgehead atoms. The van der Waals surface area contributed by atoms with Crippen molar-refractivity contribution in [1.82, 2.24) is 9.55 Å². The number of hydrogen-bond acceptors (Lipinski definition) is 4. The molecule has 8 heteroatoms. The van der Waals surface area contributed by atoms with Gasteiger partial charge in [-0.15, -0.1) is 11.3 Å². The summed E-state index contributed by atoms with van der Waals surface area (Å²) in [5.41, 5.74) is 2.48. The van der Waals surface area contributed by atoms with Crippen LogP contribution in [0.3, 0.4) is 0 Å². The first kappa shape index (κ1) is 19.3. The van der Waals surface area contributed by atoms with Crippen molar-refractivity contribution in [1.29, 1.82) is 0 Å². The van der Waals surface area contributed by atoms with Gasteiger partial charge in [-0.25, -0.2) is 4.98 Å². The van der Waals surface area contributed by atoms with Crippen molar-refractivity contribution >= 4 is 61.9 Å². The zero-order valence-corrected chi connectivity index (χ0v) is 17.6. The zero-order valence-electron chi connectivity index (χ0n) is 14.5. The number of thiophene rings is 1. The maximum Gasteiger partial charge on any atom is 0.143 e. The van der Waals surface area contributed by atoms with Crippen molar-refractivity contribution in [2.45, 2.75) is 13.2 Å². The Balaban J connectivity index is 1.60. The minimum Gasteiger partial charge on any atom is -0.391 e. The van der Waals surface area contributed by atoms with Gasteiger partial charge in [0.05, 0.1) is 27.6 Å². The molecule has 4 aromatic rings. The SMILES string of the molecule is Clc1ccc(/C(Cn2ccnc2)=N/OCc2csc3c(Cl)cccc23)c(Cl)c1. The molecule has 4 nitrogen and oxygen atoms in total. The van der Waals surface area contributed by atoms with Gasteiger partial charge in [0.25, 0.3) is 0 Å². The van der Waals surface area contributed by atoms with Gasteiger partial charge in [-0.05, 0) is 29.6 Å². The van der Waals surface area contributed by atoms with E-state index in [9.17, 15) is 0 Å². The second-order valence-corrected chi connectivity index (χ2v) is 8.18. The van der Waals surface area contributed by atoms with E-state index >= 15 is 0 Å². The molecule has 0 atom stereocenters. The Morgan fingerprint density at radius 1 is 1.14 bits per heavy atom. The molecule has 0 saturated heterocycles. The molecule has 0 radical (unpaired) electrons. The van der Waals surface area contributed by atoms with Crippen molar-refractivity contribution in [2.24, 2.45) is 5.16 Å². The van der Waals surface area contributed by atoms with Crippen LogP contribution >= 0.6 is 46.1 Å². The first-order valence-electron chi connectivity index (χ1n) is 8.36. The van der Waals surface area contributed by atoms with E-state index in [1.54, 1.807) is 36.0 Å². The third kappa shape index (κ3) is 4.18. The number of oxime groups is 1. The van der Waals surface area contributed by atoms with Gasteiger partial charge in [0.1, 0.15) is 12.3 Å². The topological polar surface area (TPSA) is 39.4 Å². The maximum atomic E-state index is 6.38. The van der Waals surface area contributed by atoms with E-state index in [0.717, 1.165) is 26.2 Å². The number of halogens is 3. The lowest BCUT2D eigenvalue weighted by Crippen LogP contribution is -2.12. The van der Waals surface area contributed by atoms with Crippen LogP contribution in [0.2, 0.25) is 15.1 Å². The molecule has 0 saturated carbocycles. The van der Waals surface area contributed by atoms with Gasteiger partial charge >= 0.3 is 0 Å². The van der Waals surface area contributed by atoms with Crippen LogP contribution in [0.5, 0.6) is 0 Å². The fraction of sp³-hybridized carbons (Fsp3) is 0.100. The molecule has 0 aliphatic heterocycles. The molecule has 0 spiro atoms. The van der Waals surface area contributed by atoms with Crippen LogP contribution in [0.4, 0.5) is 0 Å². The summed E-state index contributed by atoms with van der Waals surface area (Å²) in [6.07, 6.45) is 5.28. The van der Waals surface area contributed by atoms with Crippen molar-refractivity contribution < 1.29 is 4.84 Å². The third-order valence-electron chi connectivity index (χ3n) is 4.16. The van der Waals surface area contributed by atoms with Gasteiger partial charge in [-0.1, -0.05) is 52.1 Å². The lowest BCUT2D eigenvalue weighted by molar-refractivity contribution is 0.131. The highest BCUT2D eigenvalue weighted by Crippen LogP contribution is 2.32. The highest BCUT2D eigenvalue weighted by atomic mass is 35.5. The number of rotatable bonds is 6. The number of fused-ring (bicyclic) bond motifs is 1. The predicted molar refractivity (Wildman–Crippen MR) is 117 cm³/mol. The van der Waals surface area contributed by atoms with Gasteiger partial charge in [0.2, 0.25) is 0 Å². The van der Waals surface area contributed by atoms with Crippen molar-refractivity contribution in [3.63, 3.8) is 0 Å².